The van der Waals surface area contributed by atoms with Crippen molar-refractivity contribution in [1.82, 2.24) is 0 Å². The van der Waals surface area contributed by atoms with Gasteiger partial charge in [0.15, 0.2) is 0 Å². The zero-order valence-electron chi connectivity index (χ0n) is 12.2. The molecule has 2 unspecified atom stereocenters. The van der Waals surface area contributed by atoms with Crippen LogP contribution < -0.4 is 0 Å². The van der Waals surface area contributed by atoms with Crippen LogP contribution in [0.5, 0.6) is 0 Å². The molecule has 0 amide bonds. The fourth-order valence-corrected chi connectivity index (χ4v) is 1.85. The Kier molecular flexibility index (Phi) is 9.77. The summed E-state index contributed by atoms with van der Waals surface area (Å²) in [7, 11) is 0. The molecule has 0 nitrogen and oxygen atoms in total. The largest absolute Gasteiger partial charge is 0.0856 e. The van der Waals surface area contributed by atoms with Crippen LogP contribution in [-0.2, 0) is 0 Å². The van der Waals surface area contributed by atoms with Gasteiger partial charge in [-0.05, 0) is 44.4 Å². The summed E-state index contributed by atoms with van der Waals surface area (Å²) in [6.45, 7) is 11.6. The molecule has 0 aliphatic heterocycles. The van der Waals surface area contributed by atoms with E-state index >= 15 is 0 Å². The van der Waals surface area contributed by atoms with E-state index in [2.05, 4.69) is 40.7 Å². The SMILES string of the molecule is CCC(C)CCC=C(C)CCCC(C)CC. The van der Waals surface area contributed by atoms with Gasteiger partial charge in [-0.15, -0.1) is 0 Å². The Morgan fingerprint density at radius 1 is 1.00 bits per heavy atom. The molecule has 0 aliphatic rings. The molecule has 0 aromatic rings. The third-order valence-corrected chi connectivity index (χ3v) is 3.81. The smallest absolute Gasteiger partial charge is 0.0323 e. The van der Waals surface area contributed by atoms with Crippen molar-refractivity contribution in [2.45, 2.75) is 79.6 Å². The van der Waals surface area contributed by atoms with E-state index in [-0.39, 0.29) is 0 Å². The van der Waals surface area contributed by atoms with Crippen LogP contribution in [0.4, 0.5) is 0 Å². The van der Waals surface area contributed by atoms with E-state index < -0.39 is 0 Å². The highest BCUT2D eigenvalue weighted by atomic mass is 14.1. The molecule has 16 heavy (non-hydrogen) atoms. The lowest BCUT2D eigenvalue weighted by molar-refractivity contribution is 0.494. The zero-order valence-corrected chi connectivity index (χ0v) is 12.2. The average molecular weight is 224 g/mol. The number of hydrogen-bond donors (Lipinski definition) is 0. The van der Waals surface area contributed by atoms with Crippen LogP contribution in [0.25, 0.3) is 0 Å². The van der Waals surface area contributed by atoms with Gasteiger partial charge < -0.3 is 0 Å². The Labute approximate surface area is 104 Å². The summed E-state index contributed by atoms with van der Waals surface area (Å²) in [6, 6.07) is 0. The molecule has 0 saturated heterocycles. The quantitative estimate of drug-likeness (QED) is 0.423. The second-order valence-corrected chi connectivity index (χ2v) is 5.55. The van der Waals surface area contributed by atoms with Gasteiger partial charge in [0.25, 0.3) is 0 Å². The van der Waals surface area contributed by atoms with Crippen molar-refractivity contribution in [3.8, 4) is 0 Å². The van der Waals surface area contributed by atoms with Gasteiger partial charge in [0.1, 0.15) is 0 Å². The second-order valence-electron chi connectivity index (χ2n) is 5.55. The summed E-state index contributed by atoms with van der Waals surface area (Å²) < 4.78 is 0. The molecular weight excluding hydrogens is 192 g/mol. The molecule has 0 aliphatic carbocycles. The van der Waals surface area contributed by atoms with Gasteiger partial charge in [-0.1, -0.05) is 58.6 Å². The third-order valence-electron chi connectivity index (χ3n) is 3.81. The van der Waals surface area contributed by atoms with E-state index in [0.717, 1.165) is 11.8 Å². The molecule has 0 fully saturated rings. The van der Waals surface area contributed by atoms with Crippen molar-refractivity contribution in [1.29, 1.82) is 0 Å². The fourth-order valence-electron chi connectivity index (χ4n) is 1.85. The van der Waals surface area contributed by atoms with Crippen molar-refractivity contribution in [2.75, 3.05) is 0 Å². The van der Waals surface area contributed by atoms with Crippen LogP contribution in [-0.4, -0.2) is 0 Å². The van der Waals surface area contributed by atoms with Crippen molar-refractivity contribution in [3.05, 3.63) is 11.6 Å². The molecule has 0 rings (SSSR count). The van der Waals surface area contributed by atoms with E-state index in [1.165, 1.54) is 44.9 Å². The van der Waals surface area contributed by atoms with E-state index in [9.17, 15) is 0 Å². The molecule has 0 saturated carbocycles. The number of allylic oxidation sites excluding steroid dienone is 2. The monoisotopic (exact) mass is 224 g/mol. The highest BCUT2D eigenvalue weighted by molar-refractivity contribution is 4.97. The normalized spacial score (nSPS) is 16.2. The summed E-state index contributed by atoms with van der Waals surface area (Å²) in [5, 5.41) is 0. The number of rotatable bonds is 9. The first-order chi connectivity index (χ1) is 7.60. The Hall–Kier alpha value is -0.260. The molecule has 0 bridgehead atoms. The van der Waals surface area contributed by atoms with Gasteiger partial charge in [-0.25, -0.2) is 0 Å². The van der Waals surface area contributed by atoms with Gasteiger partial charge in [0.05, 0.1) is 0 Å². The van der Waals surface area contributed by atoms with Crippen molar-refractivity contribution < 1.29 is 0 Å². The van der Waals surface area contributed by atoms with E-state index in [0.29, 0.717) is 0 Å². The first-order valence-electron chi connectivity index (χ1n) is 7.25. The predicted octanol–water partition coefficient (Wildman–Crippen LogP) is 5.98. The maximum Gasteiger partial charge on any atom is -0.0323 e. The maximum atomic E-state index is 2.46. The molecule has 0 aromatic carbocycles. The van der Waals surface area contributed by atoms with Crippen LogP contribution in [0.2, 0.25) is 0 Å². The van der Waals surface area contributed by atoms with Gasteiger partial charge in [0, 0.05) is 0 Å². The molecule has 0 aromatic heterocycles. The first-order valence-corrected chi connectivity index (χ1v) is 7.25. The summed E-state index contributed by atoms with van der Waals surface area (Å²) in [6.07, 6.45) is 11.8. The number of hydrogen-bond acceptors (Lipinski definition) is 0. The third kappa shape index (κ3) is 9.00. The lowest BCUT2D eigenvalue weighted by Gasteiger charge is -2.08. The molecule has 2 atom stereocenters. The van der Waals surface area contributed by atoms with Crippen LogP contribution >= 0.6 is 0 Å². The van der Waals surface area contributed by atoms with E-state index in [1.807, 2.05) is 0 Å². The van der Waals surface area contributed by atoms with Crippen molar-refractivity contribution >= 4 is 0 Å². The summed E-state index contributed by atoms with van der Waals surface area (Å²) in [5.41, 5.74) is 1.60. The van der Waals surface area contributed by atoms with E-state index in [1.54, 1.807) is 5.57 Å². The van der Waals surface area contributed by atoms with Gasteiger partial charge in [-0.2, -0.15) is 0 Å². The molecule has 0 spiro atoms. The fraction of sp³-hybridized carbons (Fsp3) is 0.875. The summed E-state index contributed by atoms with van der Waals surface area (Å²) in [4.78, 5) is 0. The maximum absolute atomic E-state index is 2.46. The molecule has 0 N–H and O–H groups in total. The van der Waals surface area contributed by atoms with Crippen LogP contribution in [0.3, 0.4) is 0 Å². The Bertz CT molecular complexity index is 178. The first kappa shape index (κ1) is 15.7. The second kappa shape index (κ2) is 9.93. The highest BCUT2D eigenvalue weighted by Crippen LogP contribution is 2.16. The predicted molar refractivity (Wildman–Crippen MR) is 75.8 cm³/mol. The molecule has 96 valence electrons. The minimum Gasteiger partial charge on any atom is -0.0856 e. The van der Waals surface area contributed by atoms with Crippen LogP contribution in [0.1, 0.15) is 79.6 Å². The molecule has 0 heteroatoms. The summed E-state index contributed by atoms with van der Waals surface area (Å²) >= 11 is 0. The minimum atomic E-state index is 0.893. The molecule has 0 heterocycles. The Morgan fingerprint density at radius 2 is 1.56 bits per heavy atom. The Morgan fingerprint density at radius 3 is 2.12 bits per heavy atom. The van der Waals surface area contributed by atoms with Crippen molar-refractivity contribution in [2.24, 2.45) is 11.8 Å². The van der Waals surface area contributed by atoms with E-state index in [4.69, 9.17) is 0 Å². The highest BCUT2D eigenvalue weighted by Gasteiger charge is 1.99. The topological polar surface area (TPSA) is 0 Å². The molecule has 0 radical (unpaired) electrons. The average Bonchev–Trinajstić information content (AvgIpc) is 2.28. The van der Waals surface area contributed by atoms with Gasteiger partial charge in [-0.3, -0.25) is 0 Å². The Balaban J connectivity index is 3.55. The zero-order chi connectivity index (χ0) is 12.4. The van der Waals surface area contributed by atoms with Crippen LogP contribution in [0.15, 0.2) is 11.6 Å². The van der Waals surface area contributed by atoms with Crippen LogP contribution in [0, 0.1) is 11.8 Å². The lowest BCUT2D eigenvalue weighted by Crippen LogP contribution is -1.93. The van der Waals surface area contributed by atoms with Gasteiger partial charge in [0.2, 0.25) is 0 Å². The minimum absolute atomic E-state index is 0.893. The summed E-state index contributed by atoms with van der Waals surface area (Å²) in [5.74, 6) is 1.80. The van der Waals surface area contributed by atoms with Crippen molar-refractivity contribution in [3.63, 3.8) is 0 Å². The van der Waals surface area contributed by atoms with Gasteiger partial charge >= 0.3 is 0 Å². The molecular formula is C16H32. The lowest BCUT2D eigenvalue weighted by atomic mass is 9.98. The standard InChI is InChI=1S/C16H32/c1-6-14(3)10-8-12-16(5)13-9-11-15(4)7-2/h12,14-15H,6-11,13H2,1-5H3.